The number of carbonyl (C=O) groups excluding carboxylic acids is 3. The van der Waals surface area contributed by atoms with Gasteiger partial charge in [-0.15, -0.1) is 0 Å². The second-order valence-electron chi connectivity index (χ2n) is 6.58. The van der Waals surface area contributed by atoms with Crippen LogP contribution in [0.5, 0.6) is 0 Å². The van der Waals surface area contributed by atoms with Crippen LogP contribution in [0.2, 0.25) is 0 Å². The monoisotopic (exact) mass is 386 g/mol. The van der Waals surface area contributed by atoms with Crippen LogP contribution in [0.4, 0.5) is 10.5 Å². The number of ether oxygens (including phenoxy) is 1. The molecule has 0 unspecified atom stereocenters. The molecule has 1 aliphatic rings. The van der Waals surface area contributed by atoms with E-state index < -0.39 is 0 Å². The molecular weight excluding hydrogens is 360 g/mol. The van der Waals surface area contributed by atoms with Gasteiger partial charge >= 0.3 is 6.09 Å². The van der Waals surface area contributed by atoms with Crippen LogP contribution in [0.3, 0.4) is 0 Å². The molecule has 0 aromatic heterocycles. The average Bonchev–Trinajstić information content (AvgIpc) is 2.69. The maximum absolute atomic E-state index is 12.3. The van der Waals surface area contributed by atoms with Gasteiger partial charge in [-0.2, -0.15) is 5.26 Å². The molecule has 0 atom stereocenters. The Morgan fingerprint density at radius 1 is 1.29 bits per heavy atom. The van der Waals surface area contributed by atoms with Gasteiger partial charge < -0.3 is 19.9 Å². The summed E-state index contributed by atoms with van der Waals surface area (Å²) in [6.07, 6.45) is 1.15. The van der Waals surface area contributed by atoms with Crippen molar-refractivity contribution in [2.45, 2.75) is 39.2 Å². The molecule has 1 N–H and O–H groups in total. The summed E-state index contributed by atoms with van der Waals surface area (Å²) >= 11 is 0. The molecule has 2 rings (SSSR count). The number of piperidine rings is 1. The van der Waals surface area contributed by atoms with Crippen LogP contribution in [0.25, 0.3) is 0 Å². The first-order valence-electron chi connectivity index (χ1n) is 9.44. The number of hydrogen-bond donors (Lipinski definition) is 1. The van der Waals surface area contributed by atoms with E-state index in [1.807, 2.05) is 0 Å². The Labute approximate surface area is 165 Å². The number of hydrogen-bond acceptors (Lipinski definition) is 5. The predicted octanol–water partition coefficient (Wildman–Crippen LogP) is 2.04. The standard InChI is InChI=1S/C20H26N4O4/c1-3-28-20(27)23-11-8-17(9-12-23)22-19(26)10-13-24(15(2)25)18-7-5-4-6-16(18)14-21/h4-7,17H,3,8-13H2,1-2H3,(H,22,26). The molecule has 1 aliphatic heterocycles. The number of rotatable bonds is 6. The lowest BCUT2D eigenvalue weighted by atomic mass is 10.1. The molecule has 1 aromatic carbocycles. The Hall–Kier alpha value is -3.08. The van der Waals surface area contributed by atoms with Gasteiger partial charge in [-0.25, -0.2) is 4.79 Å². The molecule has 1 fully saturated rings. The summed E-state index contributed by atoms with van der Waals surface area (Å²) in [5.41, 5.74) is 0.900. The van der Waals surface area contributed by atoms with E-state index >= 15 is 0 Å². The van der Waals surface area contributed by atoms with Crippen molar-refractivity contribution < 1.29 is 19.1 Å². The van der Waals surface area contributed by atoms with Crippen LogP contribution in [0, 0.1) is 11.3 Å². The van der Waals surface area contributed by atoms with Crippen LogP contribution in [0.1, 0.15) is 38.7 Å². The Bertz CT molecular complexity index is 751. The molecule has 3 amide bonds. The third kappa shape index (κ3) is 5.71. The highest BCUT2D eigenvalue weighted by atomic mass is 16.6. The molecular formula is C20H26N4O4. The topological polar surface area (TPSA) is 103 Å². The largest absolute Gasteiger partial charge is 0.450 e. The van der Waals surface area contributed by atoms with Gasteiger partial charge in [0.25, 0.3) is 0 Å². The molecule has 150 valence electrons. The minimum atomic E-state index is -0.319. The fourth-order valence-corrected chi connectivity index (χ4v) is 3.19. The van der Waals surface area contributed by atoms with Crippen LogP contribution >= 0.6 is 0 Å². The number of benzene rings is 1. The lowest BCUT2D eigenvalue weighted by molar-refractivity contribution is -0.122. The quantitative estimate of drug-likeness (QED) is 0.806. The van der Waals surface area contributed by atoms with Gasteiger partial charge in [-0.1, -0.05) is 12.1 Å². The van der Waals surface area contributed by atoms with Gasteiger partial charge in [-0.3, -0.25) is 9.59 Å². The van der Waals surface area contributed by atoms with E-state index in [2.05, 4.69) is 11.4 Å². The maximum Gasteiger partial charge on any atom is 0.409 e. The third-order valence-electron chi connectivity index (χ3n) is 4.64. The normalized spacial score (nSPS) is 14.1. The first-order chi connectivity index (χ1) is 13.5. The molecule has 0 bridgehead atoms. The van der Waals surface area contributed by atoms with Gasteiger partial charge in [0.2, 0.25) is 11.8 Å². The average molecular weight is 386 g/mol. The number of likely N-dealkylation sites (tertiary alicyclic amines) is 1. The van der Waals surface area contributed by atoms with Gasteiger partial charge in [0.15, 0.2) is 0 Å². The highest BCUT2D eigenvalue weighted by molar-refractivity contribution is 5.93. The highest BCUT2D eigenvalue weighted by Crippen LogP contribution is 2.20. The Kier molecular flexibility index (Phi) is 7.81. The van der Waals surface area contributed by atoms with Crippen LogP contribution < -0.4 is 10.2 Å². The van der Waals surface area contributed by atoms with E-state index in [0.717, 1.165) is 0 Å². The zero-order valence-electron chi connectivity index (χ0n) is 16.3. The van der Waals surface area contributed by atoms with Gasteiger partial charge in [0.05, 0.1) is 17.9 Å². The maximum atomic E-state index is 12.3. The summed E-state index contributed by atoms with van der Waals surface area (Å²) in [5.74, 6) is -0.381. The molecule has 0 spiro atoms. The van der Waals surface area contributed by atoms with E-state index in [1.54, 1.807) is 36.1 Å². The fourth-order valence-electron chi connectivity index (χ4n) is 3.19. The second-order valence-corrected chi connectivity index (χ2v) is 6.58. The molecule has 0 radical (unpaired) electrons. The van der Waals surface area contributed by atoms with E-state index in [1.165, 1.54) is 11.8 Å². The predicted molar refractivity (Wildman–Crippen MR) is 104 cm³/mol. The molecule has 0 aliphatic carbocycles. The molecule has 8 nitrogen and oxygen atoms in total. The van der Waals surface area contributed by atoms with Crippen LogP contribution in [-0.2, 0) is 14.3 Å². The summed E-state index contributed by atoms with van der Waals surface area (Å²) in [6, 6.07) is 8.89. The van der Waals surface area contributed by atoms with Crippen molar-refractivity contribution in [3.05, 3.63) is 29.8 Å². The van der Waals surface area contributed by atoms with Crippen molar-refractivity contribution >= 4 is 23.6 Å². The number of nitrogens with one attached hydrogen (secondary N) is 1. The van der Waals surface area contributed by atoms with E-state index in [9.17, 15) is 19.6 Å². The van der Waals surface area contributed by atoms with E-state index in [-0.39, 0.29) is 36.9 Å². The minimum Gasteiger partial charge on any atom is -0.450 e. The Balaban J connectivity index is 1.85. The SMILES string of the molecule is CCOC(=O)N1CCC(NC(=O)CCN(C(C)=O)c2ccccc2C#N)CC1. The fraction of sp³-hybridized carbons (Fsp3) is 0.500. The van der Waals surface area contributed by atoms with Crippen molar-refractivity contribution in [1.29, 1.82) is 5.26 Å². The first-order valence-corrected chi connectivity index (χ1v) is 9.44. The number of anilines is 1. The van der Waals surface area contributed by atoms with Gasteiger partial charge in [-0.05, 0) is 31.9 Å². The van der Waals surface area contributed by atoms with Gasteiger partial charge in [0, 0.05) is 39.0 Å². The second kappa shape index (κ2) is 10.3. The van der Waals surface area contributed by atoms with Crippen molar-refractivity contribution in [3.8, 4) is 6.07 Å². The third-order valence-corrected chi connectivity index (χ3v) is 4.64. The number of para-hydroxylation sites is 1. The van der Waals surface area contributed by atoms with E-state index in [0.29, 0.717) is 43.8 Å². The summed E-state index contributed by atoms with van der Waals surface area (Å²) < 4.78 is 4.99. The number of carbonyl (C=O) groups is 3. The minimum absolute atomic E-state index is 0.00431. The number of amides is 3. The molecule has 1 heterocycles. The zero-order chi connectivity index (χ0) is 20.5. The zero-order valence-corrected chi connectivity index (χ0v) is 16.3. The van der Waals surface area contributed by atoms with Crippen LogP contribution in [0.15, 0.2) is 24.3 Å². The van der Waals surface area contributed by atoms with Crippen molar-refractivity contribution in [3.63, 3.8) is 0 Å². The smallest absolute Gasteiger partial charge is 0.409 e. The Morgan fingerprint density at radius 3 is 2.57 bits per heavy atom. The first kappa shape index (κ1) is 21.2. The van der Waals surface area contributed by atoms with Crippen molar-refractivity contribution in [1.82, 2.24) is 10.2 Å². The van der Waals surface area contributed by atoms with E-state index in [4.69, 9.17) is 4.74 Å². The molecule has 1 saturated heterocycles. The summed E-state index contributed by atoms with van der Waals surface area (Å²) in [7, 11) is 0. The summed E-state index contributed by atoms with van der Waals surface area (Å²) in [4.78, 5) is 39.1. The number of nitrogens with zero attached hydrogens (tertiary/aromatic N) is 3. The van der Waals surface area contributed by atoms with Crippen molar-refractivity contribution in [2.75, 3.05) is 31.1 Å². The lowest BCUT2D eigenvalue weighted by Crippen LogP contribution is -2.47. The van der Waals surface area contributed by atoms with Gasteiger partial charge in [0.1, 0.15) is 6.07 Å². The lowest BCUT2D eigenvalue weighted by Gasteiger charge is -2.31. The van der Waals surface area contributed by atoms with Crippen molar-refractivity contribution in [2.24, 2.45) is 0 Å². The molecule has 0 saturated carbocycles. The highest BCUT2D eigenvalue weighted by Gasteiger charge is 2.25. The molecule has 1 aromatic rings. The summed E-state index contributed by atoms with van der Waals surface area (Å²) in [5, 5.41) is 12.2. The van der Waals surface area contributed by atoms with Crippen LogP contribution in [-0.4, -0.2) is 55.1 Å². The molecule has 8 heteroatoms. The number of nitriles is 1. The molecule has 28 heavy (non-hydrogen) atoms. The Morgan fingerprint density at radius 2 is 1.96 bits per heavy atom. The summed E-state index contributed by atoms with van der Waals surface area (Å²) in [6.45, 7) is 4.80.